The summed E-state index contributed by atoms with van der Waals surface area (Å²) in [6.07, 6.45) is 3.33. The summed E-state index contributed by atoms with van der Waals surface area (Å²) in [6, 6.07) is -0.201. The van der Waals surface area contributed by atoms with Gasteiger partial charge in [0.1, 0.15) is 0 Å². The van der Waals surface area contributed by atoms with Gasteiger partial charge in [-0.25, -0.2) is 0 Å². The maximum absolute atomic E-state index is 11.7. The van der Waals surface area contributed by atoms with Crippen molar-refractivity contribution in [1.29, 1.82) is 0 Å². The molecule has 2 unspecified atom stereocenters. The zero-order valence-electron chi connectivity index (χ0n) is 10.8. The van der Waals surface area contributed by atoms with E-state index in [0.29, 0.717) is 0 Å². The lowest BCUT2D eigenvalue weighted by Gasteiger charge is -2.27. The fourth-order valence-corrected chi connectivity index (χ4v) is 1.31. The van der Waals surface area contributed by atoms with Crippen LogP contribution in [0.15, 0.2) is 0 Å². The fraction of sp³-hybridized carbons (Fsp3) is 0.917. The Bertz CT molecular complexity index is 196. The SMILES string of the molecule is CCCCC(C)NC(=O)C(N)C(C)(C)C. The van der Waals surface area contributed by atoms with Gasteiger partial charge in [-0.3, -0.25) is 4.79 Å². The van der Waals surface area contributed by atoms with E-state index in [0.717, 1.165) is 19.3 Å². The molecule has 0 fully saturated rings. The van der Waals surface area contributed by atoms with Crippen LogP contribution < -0.4 is 11.1 Å². The molecule has 1 amide bonds. The van der Waals surface area contributed by atoms with E-state index in [2.05, 4.69) is 12.2 Å². The number of amides is 1. The van der Waals surface area contributed by atoms with Gasteiger partial charge in [-0.1, -0.05) is 40.5 Å². The molecule has 0 bridgehead atoms. The second-order valence-electron chi connectivity index (χ2n) is 5.40. The molecule has 0 saturated carbocycles. The van der Waals surface area contributed by atoms with Gasteiger partial charge in [-0.05, 0) is 18.8 Å². The molecule has 0 spiro atoms. The molecule has 0 aromatic rings. The molecule has 0 aliphatic rings. The van der Waals surface area contributed by atoms with E-state index < -0.39 is 6.04 Å². The fourth-order valence-electron chi connectivity index (χ4n) is 1.31. The van der Waals surface area contributed by atoms with Crippen LogP contribution in [-0.4, -0.2) is 18.0 Å². The van der Waals surface area contributed by atoms with E-state index in [1.54, 1.807) is 0 Å². The third-order valence-electron chi connectivity index (χ3n) is 2.59. The summed E-state index contributed by atoms with van der Waals surface area (Å²) in [7, 11) is 0. The van der Waals surface area contributed by atoms with Crippen molar-refractivity contribution in [2.45, 2.75) is 66.0 Å². The van der Waals surface area contributed by atoms with Crippen molar-refractivity contribution < 1.29 is 4.79 Å². The van der Waals surface area contributed by atoms with Crippen LogP contribution in [0, 0.1) is 5.41 Å². The molecule has 3 heteroatoms. The molecule has 15 heavy (non-hydrogen) atoms. The van der Waals surface area contributed by atoms with Crippen molar-refractivity contribution in [2.24, 2.45) is 11.1 Å². The predicted octanol–water partition coefficient (Wildman–Crippen LogP) is 2.05. The highest BCUT2D eigenvalue weighted by Gasteiger charge is 2.27. The van der Waals surface area contributed by atoms with Crippen molar-refractivity contribution in [1.82, 2.24) is 5.32 Å². The minimum atomic E-state index is -0.429. The minimum absolute atomic E-state index is 0.0360. The van der Waals surface area contributed by atoms with Crippen LogP contribution in [0.4, 0.5) is 0 Å². The van der Waals surface area contributed by atoms with Gasteiger partial charge >= 0.3 is 0 Å². The summed E-state index contributed by atoms with van der Waals surface area (Å²) >= 11 is 0. The van der Waals surface area contributed by atoms with Gasteiger partial charge in [0.05, 0.1) is 6.04 Å². The molecule has 0 radical (unpaired) electrons. The molecular weight excluding hydrogens is 188 g/mol. The van der Waals surface area contributed by atoms with Crippen LogP contribution in [0.1, 0.15) is 53.9 Å². The van der Waals surface area contributed by atoms with E-state index >= 15 is 0 Å². The number of nitrogens with one attached hydrogen (secondary N) is 1. The molecule has 0 aromatic heterocycles. The van der Waals surface area contributed by atoms with Crippen LogP contribution in [-0.2, 0) is 4.79 Å². The second-order valence-corrected chi connectivity index (χ2v) is 5.40. The second kappa shape index (κ2) is 6.11. The molecule has 2 atom stereocenters. The van der Waals surface area contributed by atoms with Crippen LogP contribution >= 0.6 is 0 Å². The number of rotatable bonds is 5. The highest BCUT2D eigenvalue weighted by molar-refractivity contribution is 5.82. The molecule has 0 heterocycles. The quantitative estimate of drug-likeness (QED) is 0.736. The summed E-state index contributed by atoms with van der Waals surface area (Å²) in [6.45, 7) is 10.1. The largest absolute Gasteiger partial charge is 0.352 e. The van der Waals surface area contributed by atoms with Gasteiger partial charge in [-0.2, -0.15) is 0 Å². The van der Waals surface area contributed by atoms with E-state index in [4.69, 9.17) is 5.73 Å². The molecule has 0 rings (SSSR count). The lowest BCUT2D eigenvalue weighted by atomic mass is 9.87. The number of carbonyl (C=O) groups is 1. The molecule has 0 aliphatic carbocycles. The Morgan fingerprint density at radius 1 is 1.40 bits per heavy atom. The van der Waals surface area contributed by atoms with Crippen LogP contribution in [0.2, 0.25) is 0 Å². The number of hydrogen-bond acceptors (Lipinski definition) is 2. The Morgan fingerprint density at radius 2 is 1.93 bits per heavy atom. The molecular formula is C12H26N2O. The Morgan fingerprint density at radius 3 is 2.33 bits per heavy atom. The summed E-state index contributed by atoms with van der Waals surface area (Å²) in [5.41, 5.74) is 5.69. The van der Waals surface area contributed by atoms with Crippen LogP contribution in [0.25, 0.3) is 0 Å². The van der Waals surface area contributed by atoms with Gasteiger partial charge in [0.25, 0.3) is 0 Å². The molecule has 0 aliphatic heterocycles. The Labute approximate surface area is 93.8 Å². The normalized spacial score (nSPS) is 15.9. The Balaban J connectivity index is 4.02. The van der Waals surface area contributed by atoms with Crippen molar-refractivity contribution in [3.8, 4) is 0 Å². The van der Waals surface area contributed by atoms with E-state index in [1.807, 2.05) is 27.7 Å². The third-order valence-corrected chi connectivity index (χ3v) is 2.59. The molecule has 3 nitrogen and oxygen atoms in total. The highest BCUT2D eigenvalue weighted by atomic mass is 16.2. The Hall–Kier alpha value is -0.570. The van der Waals surface area contributed by atoms with Gasteiger partial charge in [0.15, 0.2) is 0 Å². The molecule has 3 N–H and O–H groups in total. The monoisotopic (exact) mass is 214 g/mol. The molecule has 0 saturated heterocycles. The van der Waals surface area contributed by atoms with E-state index in [1.165, 1.54) is 0 Å². The van der Waals surface area contributed by atoms with Crippen molar-refractivity contribution in [3.05, 3.63) is 0 Å². The van der Waals surface area contributed by atoms with Crippen molar-refractivity contribution in [3.63, 3.8) is 0 Å². The highest BCUT2D eigenvalue weighted by Crippen LogP contribution is 2.17. The predicted molar refractivity (Wildman–Crippen MR) is 64.6 cm³/mol. The number of hydrogen-bond donors (Lipinski definition) is 2. The standard InChI is InChI=1S/C12H26N2O/c1-6-7-8-9(2)14-11(15)10(13)12(3,4)5/h9-10H,6-8,13H2,1-5H3,(H,14,15). The van der Waals surface area contributed by atoms with Crippen molar-refractivity contribution in [2.75, 3.05) is 0 Å². The summed E-state index contributed by atoms with van der Waals surface area (Å²) < 4.78 is 0. The topological polar surface area (TPSA) is 55.1 Å². The maximum atomic E-state index is 11.7. The lowest BCUT2D eigenvalue weighted by Crippen LogP contribution is -2.50. The smallest absolute Gasteiger partial charge is 0.237 e. The zero-order chi connectivity index (χ0) is 12.1. The summed E-state index contributed by atoms with van der Waals surface area (Å²) in [5.74, 6) is -0.0360. The first kappa shape index (κ1) is 14.4. The summed E-state index contributed by atoms with van der Waals surface area (Å²) in [4.78, 5) is 11.7. The van der Waals surface area contributed by atoms with Gasteiger partial charge < -0.3 is 11.1 Å². The van der Waals surface area contributed by atoms with Crippen LogP contribution in [0.5, 0.6) is 0 Å². The molecule has 90 valence electrons. The first-order valence-electron chi connectivity index (χ1n) is 5.85. The van der Waals surface area contributed by atoms with Crippen molar-refractivity contribution >= 4 is 5.91 Å². The van der Waals surface area contributed by atoms with Gasteiger partial charge in [0, 0.05) is 6.04 Å². The lowest BCUT2D eigenvalue weighted by molar-refractivity contribution is -0.125. The zero-order valence-corrected chi connectivity index (χ0v) is 10.8. The first-order valence-corrected chi connectivity index (χ1v) is 5.85. The average molecular weight is 214 g/mol. The first-order chi connectivity index (χ1) is 6.79. The van der Waals surface area contributed by atoms with E-state index in [-0.39, 0.29) is 17.4 Å². The third kappa shape index (κ3) is 5.78. The average Bonchev–Trinajstić information content (AvgIpc) is 2.11. The van der Waals surface area contributed by atoms with Crippen LogP contribution in [0.3, 0.4) is 0 Å². The number of carbonyl (C=O) groups excluding carboxylic acids is 1. The Kier molecular flexibility index (Phi) is 5.88. The minimum Gasteiger partial charge on any atom is -0.352 e. The van der Waals surface area contributed by atoms with Gasteiger partial charge in [0.2, 0.25) is 5.91 Å². The summed E-state index contributed by atoms with van der Waals surface area (Å²) in [5, 5.41) is 2.96. The molecule has 0 aromatic carbocycles. The maximum Gasteiger partial charge on any atom is 0.237 e. The number of nitrogens with two attached hydrogens (primary N) is 1. The van der Waals surface area contributed by atoms with E-state index in [9.17, 15) is 4.79 Å². The van der Waals surface area contributed by atoms with Gasteiger partial charge in [-0.15, -0.1) is 0 Å². The number of unbranched alkanes of at least 4 members (excludes halogenated alkanes) is 1.